The van der Waals surface area contributed by atoms with E-state index in [0.717, 1.165) is 18.2 Å². The summed E-state index contributed by atoms with van der Waals surface area (Å²) in [5, 5.41) is 3.63. The van der Waals surface area contributed by atoms with Gasteiger partial charge in [0.05, 0.1) is 0 Å². The standard InChI is InChI=1S/C15H24N2/c1-12(14-9-5-6-10-15(14)16)17-11-13-7-3-2-4-8-13/h5-6,9-10,12-13,17H,2-4,7-8,11,16H2,1H3. The molecule has 0 aromatic heterocycles. The summed E-state index contributed by atoms with van der Waals surface area (Å²) in [6, 6.07) is 8.51. The zero-order valence-corrected chi connectivity index (χ0v) is 10.8. The van der Waals surface area contributed by atoms with Crippen molar-refractivity contribution < 1.29 is 0 Å². The van der Waals surface area contributed by atoms with Gasteiger partial charge in [0.1, 0.15) is 0 Å². The fraction of sp³-hybridized carbons (Fsp3) is 0.600. The topological polar surface area (TPSA) is 38.0 Å². The van der Waals surface area contributed by atoms with E-state index in [4.69, 9.17) is 5.73 Å². The molecule has 0 saturated heterocycles. The molecule has 94 valence electrons. The Bertz CT molecular complexity index is 343. The lowest BCUT2D eigenvalue weighted by Gasteiger charge is -2.24. The Morgan fingerprint density at radius 3 is 2.65 bits per heavy atom. The number of benzene rings is 1. The molecule has 0 spiro atoms. The van der Waals surface area contributed by atoms with Crippen LogP contribution in [0, 0.1) is 5.92 Å². The molecule has 0 amide bonds. The third-order valence-corrected chi connectivity index (χ3v) is 3.90. The highest BCUT2D eigenvalue weighted by atomic mass is 14.9. The van der Waals surface area contributed by atoms with Crippen molar-refractivity contribution in [2.75, 3.05) is 12.3 Å². The average molecular weight is 232 g/mol. The molecule has 2 heteroatoms. The highest BCUT2D eigenvalue weighted by molar-refractivity contribution is 5.47. The summed E-state index contributed by atoms with van der Waals surface area (Å²) in [6.07, 6.45) is 7.04. The largest absolute Gasteiger partial charge is 0.398 e. The maximum absolute atomic E-state index is 5.99. The smallest absolute Gasteiger partial charge is 0.0362 e. The fourth-order valence-corrected chi connectivity index (χ4v) is 2.75. The Balaban J connectivity index is 1.84. The molecule has 1 atom stereocenters. The van der Waals surface area contributed by atoms with Gasteiger partial charge in [0.15, 0.2) is 0 Å². The maximum Gasteiger partial charge on any atom is 0.0362 e. The molecule has 1 aliphatic carbocycles. The normalized spacial score (nSPS) is 19.1. The Kier molecular flexibility index (Phi) is 4.43. The van der Waals surface area contributed by atoms with E-state index < -0.39 is 0 Å². The molecule has 2 rings (SSSR count). The van der Waals surface area contributed by atoms with E-state index in [1.54, 1.807) is 0 Å². The Morgan fingerprint density at radius 2 is 1.94 bits per heavy atom. The van der Waals surface area contributed by atoms with E-state index in [1.165, 1.54) is 37.7 Å². The number of hydrogen-bond donors (Lipinski definition) is 2. The number of nitrogens with one attached hydrogen (secondary N) is 1. The molecule has 1 saturated carbocycles. The molecule has 1 aliphatic rings. The van der Waals surface area contributed by atoms with Crippen LogP contribution in [-0.4, -0.2) is 6.54 Å². The second kappa shape index (κ2) is 6.06. The van der Waals surface area contributed by atoms with Crippen LogP contribution in [0.1, 0.15) is 50.6 Å². The highest BCUT2D eigenvalue weighted by Gasteiger charge is 2.15. The van der Waals surface area contributed by atoms with Crippen molar-refractivity contribution in [3.63, 3.8) is 0 Å². The summed E-state index contributed by atoms with van der Waals surface area (Å²) in [6.45, 7) is 3.34. The number of anilines is 1. The summed E-state index contributed by atoms with van der Waals surface area (Å²) in [5.41, 5.74) is 8.11. The first kappa shape index (κ1) is 12.4. The predicted octanol–water partition coefficient (Wildman–Crippen LogP) is 3.50. The second-order valence-electron chi connectivity index (χ2n) is 5.26. The molecule has 2 nitrogen and oxygen atoms in total. The van der Waals surface area contributed by atoms with Crippen LogP contribution in [0.25, 0.3) is 0 Å². The van der Waals surface area contributed by atoms with E-state index in [2.05, 4.69) is 24.4 Å². The first-order valence-corrected chi connectivity index (χ1v) is 6.85. The van der Waals surface area contributed by atoms with Gasteiger partial charge in [0.25, 0.3) is 0 Å². The molecule has 3 N–H and O–H groups in total. The van der Waals surface area contributed by atoms with Gasteiger partial charge in [-0.05, 0) is 43.9 Å². The molecule has 1 unspecified atom stereocenters. The molecule has 1 fully saturated rings. The van der Waals surface area contributed by atoms with Crippen molar-refractivity contribution in [2.24, 2.45) is 5.92 Å². The number of nitrogen functional groups attached to an aromatic ring is 1. The van der Waals surface area contributed by atoms with Crippen molar-refractivity contribution in [1.82, 2.24) is 5.32 Å². The molecular formula is C15H24N2. The fourth-order valence-electron chi connectivity index (χ4n) is 2.75. The van der Waals surface area contributed by atoms with Crippen molar-refractivity contribution >= 4 is 5.69 Å². The highest BCUT2D eigenvalue weighted by Crippen LogP contribution is 2.24. The monoisotopic (exact) mass is 232 g/mol. The first-order valence-electron chi connectivity index (χ1n) is 6.85. The minimum atomic E-state index is 0.359. The summed E-state index contributed by atoms with van der Waals surface area (Å²) in [4.78, 5) is 0. The van der Waals surface area contributed by atoms with Gasteiger partial charge in [0.2, 0.25) is 0 Å². The van der Waals surface area contributed by atoms with Gasteiger partial charge in [-0.2, -0.15) is 0 Å². The van der Waals surface area contributed by atoms with Gasteiger partial charge in [-0.3, -0.25) is 0 Å². The number of hydrogen-bond acceptors (Lipinski definition) is 2. The molecule has 17 heavy (non-hydrogen) atoms. The Morgan fingerprint density at radius 1 is 1.24 bits per heavy atom. The number of rotatable bonds is 4. The third-order valence-electron chi connectivity index (χ3n) is 3.90. The van der Waals surface area contributed by atoms with Crippen LogP contribution in [0.5, 0.6) is 0 Å². The van der Waals surface area contributed by atoms with Crippen LogP contribution in [-0.2, 0) is 0 Å². The summed E-state index contributed by atoms with van der Waals surface area (Å²) < 4.78 is 0. The molecule has 0 aliphatic heterocycles. The van der Waals surface area contributed by atoms with Crippen LogP contribution < -0.4 is 11.1 Å². The summed E-state index contributed by atoms with van der Waals surface area (Å²) in [7, 11) is 0. The van der Waals surface area contributed by atoms with Gasteiger partial charge in [-0.1, -0.05) is 37.5 Å². The first-order chi connectivity index (χ1) is 8.27. The van der Waals surface area contributed by atoms with Crippen LogP contribution >= 0.6 is 0 Å². The predicted molar refractivity (Wildman–Crippen MR) is 73.8 cm³/mol. The van der Waals surface area contributed by atoms with Gasteiger partial charge in [0, 0.05) is 11.7 Å². The van der Waals surface area contributed by atoms with E-state index >= 15 is 0 Å². The van der Waals surface area contributed by atoms with Gasteiger partial charge >= 0.3 is 0 Å². The quantitative estimate of drug-likeness (QED) is 0.780. The van der Waals surface area contributed by atoms with E-state index in [-0.39, 0.29) is 0 Å². The number of para-hydroxylation sites is 1. The third kappa shape index (κ3) is 3.47. The van der Waals surface area contributed by atoms with Gasteiger partial charge < -0.3 is 11.1 Å². The molecule has 1 aromatic carbocycles. The lowest BCUT2D eigenvalue weighted by molar-refractivity contribution is 0.332. The Labute approximate surface area is 105 Å². The molecule has 0 bridgehead atoms. The number of nitrogens with two attached hydrogens (primary N) is 1. The van der Waals surface area contributed by atoms with E-state index in [0.29, 0.717) is 6.04 Å². The summed E-state index contributed by atoms with van der Waals surface area (Å²) >= 11 is 0. The Hall–Kier alpha value is -1.02. The van der Waals surface area contributed by atoms with E-state index in [9.17, 15) is 0 Å². The maximum atomic E-state index is 5.99. The minimum absolute atomic E-state index is 0.359. The molecule has 0 radical (unpaired) electrons. The summed E-state index contributed by atoms with van der Waals surface area (Å²) in [5.74, 6) is 0.871. The van der Waals surface area contributed by atoms with Crippen LogP contribution in [0.2, 0.25) is 0 Å². The molecule has 1 aromatic rings. The van der Waals surface area contributed by atoms with Crippen molar-refractivity contribution in [3.05, 3.63) is 29.8 Å². The average Bonchev–Trinajstić information content (AvgIpc) is 2.38. The SMILES string of the molecule is CC(NCC1CCCCC1)c1ccccc1N. The van der Waals surface area contributed by atoms with Crippen LogP contribution in [0.4, 0.5) is 5.69 Å². The minimum Gasteiger partial charge on any atom is -0.398 e. The lowest BCUT2D eigenvalue weighted by atomic mass is 9.89. The van der Waals surface area contributed by atoms with Crippen LogP contribution in [0.15, 0.2) is 24.3 Å². The van der Waals surface area contributed by atoms with Crippen LogP contribution in [0.3, 0.4) is 0 Å². The van der Waals surface area contributed by atoms with E-state index in [1.807, 2.05) is 12.1 Å². The lowest BCUT2D eigenvalue weighted by Crippen LogP contribution is -2.27. The van der Waals surface area contributed by atoms with Crippen molar-refractivity contribution in [2.45, 2.75) is 45.1 Å². The van der Waals surface area contributed by atoms with Crippen molar-refractivity contribution in [3.8, 4) is 0 Å². The molecular weight excluding hydrogens is 208 g/mol. The van der Waals surface area contributed by atoms with Gasteiger partial charge in [-0.25, -0.2) is 0 Å². The van der Waals surface area contributed by atoms with Gasteiger partial charge in [-0.15, -0.1) is 0 Å². The zero-order chi connectivity index (χ0) is 12.1. The second-order valence-corrected chi connectivity index (χ2v) is 5.26. The zero-order valence-electron chi connectivity index (χ0n) is 10.8. The molecule has 0 heterocycles. The van der Waals surface area contributed by atoms with Crippen molar-refractivity contribution in [1.29, 1.82) is 0 Å².